The number of hydrogen-bond acceptors (Lipinski definition) is 5. The van der Waals surface area contributed by atoms with Crippen molar-refractivity contribution in [2.45, 2.75) is 0 Å². The van der Waals surface area contributed by atoms with Crippen LogP contribution in [0.1, 0.15) is 0 Å². The van der Waals surface area contributed by atoms with Gasteiger partial charge in [0.05, 0.1) is 0 Å². The molecule has 0 aliphatic carbocycles. The van der Waals surface area contributed by atoms with Gasteiger partial charge in [-0.15, -0.1) is 0 Å². The van der Waals surface area contributed by atoms with Crippen LogP contribution < -0.4 is 0 Å². The number of para-hydroxylation sites is 1. The molecule has 0 amide bonds. The Balaban J connectivity index is 1.08. The predicted molar refractivity (Wildman–Crippen MR) is 219 cm³/mol. The van der Waals surface area contributed by atoms with Crippen LogP contribution in [0.3, 0.4) is 0 Å². The van der Waals surface area contributed by atoms with Crippen molar-refractivity contribution < 1.29 is 8.83 Å². The van der Waals surface area contributed by atoms with E-state index in [4.69, 9.17) is 23.8 Å². The highest BCUT2D eigenvalue weighted by atomic mass is 16.3. The van der Waals surface area contributed by atoms with Gasteiger partial charge in [-0.25, -0.2) is 15.0 Å². The van der Waals surface area contributed by atoms with Crippen LogP contribution in [0.5, 0.6) is 0 Å². The van der Waals surface area contributed by atoms with Gasteiger partial charge in [0.2, 0.25) is 0 Å². The fraction of sp³-hybridized carbons (Fsp3) is 0. The number of benzene rings is 8. The molecule has 5 heteroatoms. The molecule has 0 radical (unpaired) electrons. The third-order valence-corrected chi connectivity index (χ3v) is 10.3. The number of rotatable bonds is 5. The first kappa shape index (κ1) is 30.3. The van der Waals surface area contributed by atoms with Gasteiger partial charge in [-0.05, 0) is 81.6 Å². The van der Waals surface area contributed by atoms with E-state index >= 15 is 0 Å². The average molecular weight is 692 g/mol. The third-order valence-electron chi connectivity index (χ3n) is 10.3. The Morgan fingerprint density at radius 1 is 0.296 bits per heavy atom. The van der Waals surface area contributed by atoms with Crippen LogP contribution in [0.25, 0.3) is 111 Å². The number of aromatic nitrogens is 3. The fourth-order valence-corrected chi connectivity index (χ4v) is 7.66. The normalized spacial score (nSPS) is 11.7. The van der Waals surface area contributed by atoms with Crippen LogP contribution in [0.15, 0.2) is 185 Å². The minimum absolute atomic E-state index is 0.576. The summed E-state index contributed by atoms with van der Waals surface area (Å²) in [4.78, 5) is 15.3. The Bertz CT molecular complexity index is 3230. The quantitative estimate of drug-likeness (QED) is 0.180. The van der Waals surface area contributed by atoms with Gasteiger partial charge in [-0.1, -0.05) is 127 Å². The van der Waals surface area contributed by atoms with E-state index in [1.54, 1.807) is 0 Å². The van der Waals surface area contributed by atoms with Gasteiger partial charge in [0, 0.05) is 38.2 Å². The first-order valence-electron chi connectivity index (χ1n) is 18.0. The molecule has 0 saturated carbocycles. The molecule has 0 spiro atoms. The fourth-order valence-electron chi connectivity index (χ4n) is 7.66. The van der Waals surface area contributed by atoms with Crippen molar-refractivity contribution in [2.75, 3.05) is 0 Å². The first-order chi connectivity index (χ1) is 26.7. The summed E-state index contributed by atoms with van der Waals surface area (Å²) in [5.74, 6) is 1.77. The Hall–Kier alpha value is -7.37. The average Bonchev–Trinajstić information content (AvgIpc) is 3.81. The van der Waals surface area contributed by atoms with Gasteiger partial charge in [0.15, 0.2) is 17.5 Å². The zero-order chi connectivity index (χ0) is 35.6. The van der Waals surface area contributed by atoms with Crippen molar-refractivity contribution in [1.82, 2.24) is 15.0 Å². The third kappa shape index (κ3) is 5.06. The largest absolute Gasteiger partial charge is 0.456 e. The maximum Gasteiger partial charge on any atom is 0.164 e. The Morgan fingerprint density at radius 3 is 1.76 bits per heavy atom. The van der Waals surface area contributed by atoms with Gasteiger partial charge >= 0.3 is 0 Å². The van der Waals surface area contributed by atoms with E-state index in [-0.39, 0.29) is 0 Å². The maximum absolute atomic E-state index is 6.39. The maximum atomic E-state index is 6.39. The van der Waals surface area contributed by atoms with Crippen molar-refractivity contribution in [2.24, 2.45) is 0 Å². The van der Waals surface area contributed by atoms with E-state index in [2.05, 4.69) is 140 Å². The molecule has 11 aromatic rings. The van der Waals surface area contributed by atoms with Crippen molar-refractivity contribution in [3.63, 3.8) is 0 Å². The Morgan fingerprint density at radius 2 is 0.889 bits per heavy atom. The van der Waals surface area contributed by atoms with E-state index in [0.717, 1.165) is 88.0 Å². The van der Waals surface area contributed by atoms with Gasteiger partial charge in [0.1, 0.15) is 22.3 Å². The van der Waals surface area contributed by atoms with E-state index < -0.39 is 0 Å². The minimum Gasteiger partial charge on any atom is -0.456 e. The molecule has 54 heavy (non-hydrogen) atoms. The lowest BCUT2D eigenvalue weighted by Gasteiger charge is -2.11. The van der Waals surface area contributed by atoms with Crippen molar-refractivity contribution >= 4 is 54.6 Å². The summed E-state index contributed by atoms with van der Waals surface area (Å²) in [5, 5.41) is 6.59. The smallest absolute Gasteiger partial charge is 0.164 e. The predicted octanol–water partition coefficient (Wildman–Crippen LogP) is 13.2. The van der Waals surface area contributed by atoms with E-state index in [1.807, 2.05) is 36.4 Å². The van der Waals surface area contributed by atoms with E-state index in [0.29, 0.717) is 17.5 Å². The van der Waals surface area contributed by atoms with Crippen molar-refractivity contribution in [1.29, 1.82) is 0 Å². The zero-order valence-corrected chi connectivity index (χ0v) is 28.9. The summed E-state index contributed by atoms with van der Waals surface area (Å²) in [7, 11) is 0. The molecule has 0 aliphatic heterocycles. The zero-order valence-electron chi connectivity index (χ0n) is 28.9. The SMILES string of the molecule is c1ccc(-c2ccc3oc4cccc(-c5cccc(-c6nc(-c7ccc8ccccc8c7)nc(-c7ccc8c(c7)oc7ccccc78)n6)c5)c4c3c2)cc1. The molecular weight excluding hydrogens is 663 g/mol. The van der Waals surface area contributed by atoms with E-state index in [1.165, 1.54) is 5.56 Å². The van der Waals surface area contributed by atoms with Crippen LogP contribution in [0.2, 0.25) is 0 Å². The molecule has 252 valence electrons. The monoisotopic (exact) mass is 691 g/mol. The van der Waals surface area contributed by atoms with Gasteiger partial charge in [0.25, 0.3) is 0 Å². The summed E-state index contributed by atoms with van der Waals surface area (Å²) in [5.41, 5.74) is 10.5. The molecule has 0 N–H and O–H groups in total. The standard InChI is InChI=1S/C49H29N3O2/c1-2-10-30(11-3-1)33-23-25-43-41(28-33)46-38(17-9-19-44(46)53-43)34-14-8-15-35(27-34)47-50-48(36-21-20-31-12-4-5-13-32(31)26-36)52-49(51-47)37-22-24-40-39-16-6-7-18-42(39)54-45(40)29-37/h1-29H. The van der Waals surface area contributed by atoms with Crippen LogP contribution >= 0.6 is 0 Å². The molecule has 0 aliphatic rings. The molecule has 3 aromatic heterocycles. The summed E-state index contributed by atoms with van der Waals surface area (Å²) >= 11 is 0. The number of furan rings is 2. The van der Waals surface area contributed by atoms with Crippen LogP contribution in [-0.2, 0) is 0 Å². The number of nitrogens with zero attached hydrogens (tertiary/aromatic N) is 3. The van der Waals surface area contributed by atoms with Crippen LogP contribution in [0.4, 0.5) is 0 Å². The van der Waals surface area contributed by atoms with E-state index in [9.17, 15) is 0 Å². The van der Waals surface area contributed by atoms with Crippen LogP contribution in [-0.4, -0.2) is 15.0 Å². The molecule has 0 bridgehead atoms. The highest BCUT2D eigenvalue weighted by molar-refractivity contribution is 6.13. The lowest BCUT2D eigenvalue weighted by molar-refractivity contribution is 0.668. The van der Waals surface area contributed by atoms with Gasteiger partial charge in [-0.3, -0.25) is 0 Å². The highest BCUT2D eigenvalue weighted by Crippen LogP contribution is 2.40. The molecule has 0 unspecified atom stereocenters. The van der Waals surface area contributed by atoms with Gasteiger partial charge in [-0.2, -0.15) is 0 Å². The Labute approximate surface area is 309 Å². The second-order valence-electron chi connectivity index (χ2n) is 13.6. The minimum atomic E-state index is 0.576. The van der Waals surface area contributed by atoms with Crippen molar-refractivity contribution in [3.8, 4) is 56.4 Å². The molecule has 5 nitrogen and oxygen atoms in total. The molecular formula is C49H29N3O2. The number of hydrogen-bond donors (Lipinski definition) is 0. The summed E-state index contributed by atoms with van der Waals surface area (Å²) in [6.45, 7) is 0. The topological polar surface area (TPSA) is 65.0 Å². The number of fused-ring (bicyclic) bond motifs is 7. The van der Waals surface area contributed by atoms with Gasteiger partial charge < -0.3 is 8.83 Å². The molecule has 0 saturated heterocycles. The van der Waals surface area contributed by atoms with Crippen LogP contribution in [0, 0.1) is 0 Å². The molecule has 11 rings (SSSR count). The summed E-state index contributed by atoms with van der Waals surface area (Å²) < 4.78 is 12.7. The molecule has 8 aromatic carbocycles. The summed E-state index contributed by atoms with van der Waals surface area (Å²) in [6.07, 6.45) is 0. The molecule has 3 heterocycles. The second kappa shape index (κ2) is 12.1. The van der Waals surface area contributed by atoms with Crippen molar-refractivity contribution in [3.05, 3.63) is 176 Å². The molecule has 0 fully saturated rings. The summed E-state index contributed by atoms with van der Waals surface area (Å²) in [6, 6.07) is 60.6. The highest BCUT2D eigenvalue weighted by Gasteiger charge is 2.18. The first-order valence-corrected chi connectivity index (χ1v) is 18.0. The second-order valence-corrected chi connectivity index (χ2v) is 13.6. The lowest BCUT2D eigenvalue weighted by atomic mass is 9.96. The molecule has 0 atom stereocenters. The Kier molecular flexibility index (Phi) is 6.79. The lowest BCUT2D eigenvalue weighted by Crippen LogP contribution is -2.00.